The number of ether oxygens (including phenoxy) is 1. The molecule has 1 aliphatic rings. The van der Waals surface area contributed by atoms with Crippen LogP contribution < -0.4 is 9.46 Å². The first kappa shape index (κ1) is 25.4. The molecule has 0 heterocycles. The first-order valence-corrected chi connectivity index (χ1v) is 12.4. The monoisotopic (exact) mass is 483 g/mol. The Bertz CT molecular complexity index is 1240. The molecule has 1 atom stereocenters. The predicted octanol–water partition coefficient (Wildman–Crippen LogP) is 4.09. The van der Waals surface area contributed by atoms with Gasteiger partial charge in [0.15, 0.2) is 6.61 Å². The molecule has 0 unspecified atom stereocenters. The van der Waals surface area contributed by atoms with Crippen LogP contribution in [0.5, 0.6) is 5.75 Å². The minimum atomic E-state index is -3.73. The van der Waals surface area contributed by atoms with Crippen LogP contribution in [0.2, 0.25) is 0 Å². The Morgan fingerprint density at radius 1 is 1.03 bits per heavy atom. The standard InChI is InChI=1S/C25H25NO5S.CH4O/c1-17-5-2-6-19(15-17)18-11-13-20(14-12-18)32(29,30)26-23-9-3-8-22-21(23)7-4-10-24(22)31-16-25(27)28;1-2/h2,4-7,10-15,23,26H,3,8-9,16H2,1H3,(H,27,28);2H,1H3/t23-;/m1./s1. The molecule has 180 valence electrons. The Balaban J connectivity index is 0.00000158. The predicted molar refractivity (Wildman–Crippen MR) is 130 cm³/mol. The van der Waals surface area contributed by atoms with E-state index in [1.807, 2.05) is 43.3 Å². The van der Waals surface area contributed by atoms with Crippen molar-refractivity contribution in [2.45, 2.75) is 37.1 Å². The SMILES string of the molecule is CO.Cc1cccc(-c2ccc(S(=O)(=O)N[C@@H]3CCCc4c(OCC(=O)O)cccc43)cc2)c1. The van der Waals surface area contributed by atoms with Gasteiger partial charge in [0, 0.05) is 13.2 Å². The summed E-state index contributed by atoms with van der Waals surface area (Å²) < 4.78 is 34.4. The van der Waals surface area contributed by atoms with Gasteiger partial charge >= 0.3 is 5.97 Å². The molecule has 1 aliphatic carbocycles. The lowest BCUT2D eigenvalue weighted by Crippen LogP contribution is -2.31. The maximum Gasteiger partial charge on any atom is 0.341 e. The molecule has 0 saturated carbocycles. The fourth-order valence-corrected chi connectivity index (χ4v) is 5.37. The average molecular weight is 484 g/mol. The van der Waals surface area contributed by atoms with E-state index in [9.17, 15) is 13.2 Å². The third-order valence-electron chi connectivity index (χ3n) is 5.63. The van der Waals surface area contributed by atoms with Gasteiger partial charge in [-0.2, -0.15) is 0 Å². The molecule has 34 heavy (non-hydrogen) atoms. The van der Waals surface area contributed by atoms with E-state index >= 15 is 0 Å². The first-order valence-electron chi connectivity index (χ1n) is 10.9. The molecular weight excluding hydrogens is 454 g/mol. The third-order valence-corrected chi connectivity index (χ3v) is 7.12. The van der Waals surface area contributed by atoms with Crippen molar-refractivity contribution in [3.05, 3.63) is 83.4 Å². The summed E-state index contributed by atoms with van der Waals surface area (Å²) in [6, 6.07) is 19.9. The van der Waals surface area contributed by atoms with E-state index in [4.69, 9.17) is 14.9 Å². The normalized spacial score (nSPS) is 15.0. The topological polar surface area (TPSA) is 113 Å². The maximum atomic E-state index is 13.1. The molecule has 3 N–H and O–H groups in total. The van der Waals surface area contributed by atoms with Crippen molar-refractivity contribution in [2.75, 3.05) is 13.7 Å². The van der Waals surface area contributed by atoms with Crippen LogP contribution in [0.1, 0.15) is 35.6 Å². The van der Waals surface area contributed by atoms with Gasteiger partial charge in [-0.15, -0.1) is 0 Å². The Hall–Kier alpha value is -3.20. The Kier molecular flexibility index (Phi) is 8.44. The molecular formula is C26H29NO6S. The highest BCUT2D eigenvalue weighted by molar-refractivity contribution is 7.89. The van der Waals surface area contributed by atoms with E-state index in [0.717, 1.165) is 41.3 Å². The number of carboxylic acid groups (broad SMARTS) is 1. The van der Waals surface area contributed by atoms with Crippen LogP contribution >= 0.6 is 0 Å². The van der Waals surface area contributed by atoms with Gasteiger partial charge in [0.1, 0.15) is 5.75 Å². The highest BCUT2D eigenvalue weighted by Crippen LogP contribution is 2.36. The number of carboxylic acids is 1. The quantitative estimate of drug-likeness (QED) is 0.467. The third kappa shape index (κ3) is 6.02. The Labute approximate surface area is 200 Å². The molecule has 3 aromatic rings. The summed E-state index contributed by atoms with van der Waals surface area (Å²) in [4.78, 5) is 11.1. The number of hydrogen-bond acceptors (Lipinski definition) is 5. The van der Waals surface area contributed by atoms with Gasteiger partial charge in [0.05, 0.1) is 4.90 Å². The smallest absolute Gasteiger partial charge is 0.341 e. The lowest BCUT2D eigenvalue weighted by Gasteiger charge is -2.27. The van der Waals surface area contributed by atoms with Crippen LogP contribution in [-0.2, 0) is 21.2 Å². The first-order chi connectivity index (χ1) is 16.3. The van der Waals surface area contributed by atoms with Crippen LogP contribution in [0.25, 0.3) is 11.1 Å². The van der Waals surface area contributed by atoms with Gasteiger partial charge in [0.2, 0.25) is 10.0 Å². The van der Waals surface area contributed by atoms with Gasteiger partial charge in [0.25, 0.3) is 0 Å². The van der Waals surface area contributed by atoms with Crippen molar-refractivity contribution >= 4 is 16.0 Å². The van der Waals surface area contributed by atoms with Crippen molar-refractivity contribution in [2.24, 2.45) is 0 Å². The molecule has 0 aromatic heterocycles. The number of benzene rings is 3. The van der Waals surface area contributed by atoms with Crippen LogP contribution in [0.4, 0.5) is 0 Å². The zero-order valence-corrected chi connectivity index (χ0v) is 20.0. The molecule has 0 amide bonds. The van der Waals surface area contributed by atoms with Crippen LogP contribution in [0.3, 0.4) is 0 Å². The Morgan fingerprint density at radius 3 is 2.41 bits per heavy atom. The number of aliphatic hydroxyl groups is 1. The largest absolute Gasteiger partial charge is 0.482 e. The van der Waals surface area contributed by atoms with Gasteiger partial charge in [-0.25, -0.2) is 17.9 Å². The van der Waals surface area contributed by atoms with Gasteiger partial charge < -0.3 is 14.9 Å². The molecule has 3 aromatic carbocycles. The summed E-state index contributed by atoms with van der Waals surface area (Å²) >= 11 is 0. The minimum Gasteiger partial charge on any atom is -0.482 e. The van der Waals surface area contributed by atoms with Crippen molar-refractivity contribution in [1.29, 1.82) is 0 Å². The van der Waals surface area contributed by atoms with Gasteiger partial charge in [-0.1, -0.05) is 54.1 Å². The number of carbonyl (C=O) groups is 1. The molecule has 8 heteroatoms. The second kappa shape index (κ2) is 11.3. The molecule has 0 fully saturated rings. The van der Waals surface area contributed by atoms with Crippen molar-refractivity contribution in [3.8, 4) is 16.9 Å². The van der Waals surface area contributed by atoms with E-state index in [0.29, 0.717) is 18.6 Å². The number of aliphatic hydroxyl groups excluding tert-OH is 1. The molecule has 4 rings (SSSR count). The van der Waals surface area contributed by atoms with Gasteiger partial charge in [-0.05, 0) is 66.6 Å². The number of nitrogens with one attached hydrogen (secondary N) is 1. The minimum absolute atomic E-state index is 0.208. The molecule has 0 radical (unpaired) electrons. The van der Waals surface area contributed by atoms with Crippen LogP contribution in [0.15, 0.2) is 71.6 Å². The fourth-order valence-electron chi connectivity index (χ4n) is 4.12. The average Bonchev–Trinajstić information content (AvgIpc) is 2.84. The van der Waals surface area contributed by atoms with E-state index in [-0.39, 0.29) is 4.90 Å². The summed E-state index contributed by atoms with van der Waals surface area (Å²) in [5.41, 5.74) is 4.83. The second-order valence-electron chi connectivity index (χ2n) is 7.97. The zero-order chi connectivity index (χ0) is 24.7. The highest BCUT2D eigenvalue weighted by Gasteiger charge is 2.27. The molecule has 0 bridgehead atoms. The summed E-state index contributed by atoms with van der Waals surface area (Å²) in [5.74, 6) is -0.555. The van der Waals surface area contributed by atoms with Crippen molar-refractivity contribution < 1.29 is 28.2 Å². The van der Waals surface area contributed by atoms with Crippen LogP contribution in [-0.4, -0.2) is 38.3 Å². The van der Waals surface area contributed by atoms with E-state index in [2.05, 4.69) is 10.8 Å². The summed E-state index contributed by atoms with van der Waals surface area (Å²) in [6.07, 6.45) is 2.16. The number of hydrogen-bond donors (Lipinski definition) is 3. The molecule has 0 saturated heterocycles. The van der Waals surface area contributed by atoms with Gasteiger partial charge in [-0.3, -0.25) is 0 Å². The molecule has 0 spiro atoms. The summed E-state index contributed by atoms with van der Waals surface area (Å²) in [7, 11) is -2.73. The fraction of sp³-hybridized carbons (Fsp3) is 0.269. The molecule has 7 nitrogen and oxygen atoms in total. The zero-order valence-electron chi connectivity index (χ0n) is 19.2. The lowest BCUT2D eigenvalue weighted by atomic mass is 9.87. The molecule has 0 aliphatic heterocycles. The number of aliphatic carboxylic acids is 1. The number of fused-ring (bicyclic) bond motifs is 1. The summed E-state index contributed by atoms with van der Waals surface area (Å²) in [6.45, 7) is 1.59. The lowest BCUT2D eigenvalue weighted by molar-refractivity contribution is -0.139. The highest BCUT2D eigenvalue weighted by atomic mass is 32.2. The summed E-state index contributed by atoms with van der Waals surface area (Å²) in [5, 5.41) is 15.9. The number of rotatable bonds is 7. The van der Waals surface area contributed by atoms with E-state index < -0.39 is 28.6 Å². The maximum absolute atomic E-state index is 13.1. The van der Waals surface area contributed by atoms with E-state index in [1.54, 1.807) is 24.3 Å². The number of sulfonamides is 1. The number of aryl methyl sites for hydroxylation is 1. The van der Waals surface area contributed by atoms with E-state index in [1.165, 1.54) is 0 Å². The van der Waals surface area contributed by atoms with Crippen molar-refractivity contribution in [1.82, 2.24) is 4.72 Å². The van der Waals surface area contributed by atoms with Crippen molar-refractivity contribution in [3.63, 3.8) is 0 Å². The second-order valence-corrected chi connectivity index (χ2v) is 9.68. The van der Waals surface area contributed by atoms with Crippen LogP contribution in [0, 0.1) is 6.92 Å². The Morgan fingerprint density at radius 2 is 1.74 bits per heavy atom.